The lowest BCUT2D eigenvalue weighted by atomic mass is 9.84. The normalized spacial score (nSPS) is 26.5. The molecule has 3 aliphatic rings. The maximum absolute atomic E-state index is 13.1. The molecule has 0 aliphatic carbocycles. The molecule has 2 fully saturated rings. The summed E-state index contributed by atoms with van der Waals surface area (Å²) >= 11 is 1.86. The molecule has 4 heterocycles. The Kier molecular flexibility index (Phi) is 5.44. The smallest absolute Gasteiger partial charge is 0.229 e. The number of carbonyl (C=O) groups excluding carboxylic acids is 1. The quantitative estimate of drug-likeness (QED) is 0.802. The Balaban J connectivity index is 1.33. The molecule has 0 saturated carbocycles. The number of carbonyl (C=O) groups is 1. The van der Waals surface area contributed by atoms with E-state index in [-0.39, 0.29) is 17.4 Å². The second-order valence-electron chi connectivity index (χ2n) is 8.97. The number of ether oxygens (including phenoxy) is 1. The van der Waals surface area contributed by atoms with Crippen LogP contribution in [0.4, 0.5) is 0 Å². The molecule has 160 valence electrons. The monoisotopic (exact) mass is 426 g/mol. The standard InChI is InChI=1S/C24H30N2O3S/c1-25-11-7-20(27)19(16-25)23(28)26-12-9-24(10-13-26)22-18(8-14-29-24)15-21(30-22)17-5-3-2-4-6-17/h2-6,15,19-20,27H,7-14,16H2,1H3/t19-,20-/m1/s1. The van der Waals surface area contributed by atoms with Gasteiger partial charge in [-0.3, -0.25) is 4.79 Å². The van der Waals surface area contributed by atoms with Crippen LogP contribution in [0.1, 0.15) is 29.7 Å². The predicted molar refractivity (Wildman–Crippen MR) is 119 cm³/mol. The van der Waals surface area contributed by atoms with Gasteiger partial charge in [0.1, 0.15) is 5.60 Å². The minimum atomic E-state index is -0.521. The second-order valence-corrected chi connectivity index (χ2v) is 10.0. The SMILES string of the molecule is CN1CC[C@@H](O)[C@H](C(=O)N2CCC3(CC2)OCCc2cc(-c4ccccc4)sc23)C1. The molecule has 30 heavy (non-hydrogen) atoms. The molecule has 1 N–H and O–H groups in total. The number of benzene rings is 1. The summed E-state index contributed by atoms with van der Waals surface area (Å²) in [6, 6.07) is 12.9. The average molecular weight is 427 g/mol. The molecule has 1 amide bonds. The Morgan fingerprint density at radius 3 is 2.73 bits per heavy atom. The third-order valence-electron chi connectivity index (χ3n) is 7.01. The largest absolute Gasteiger partial charge is 0.392 e. The Morgan fingerprint density at radius 2 is 1.97 bits per heavy atom. The van der Waals surface area contributed by atoms with E-state index in [9.17, 15) is 9.90 Å². The Hall–Kier alpha value is -1.73. The summed E-state index contributed by atoms with van der Waals surface area (Å²) in [5, 5.41) is 10.4. The van der Waals surface area contributed by atoms with Crippen molar-refractivity contribution in [3.05, 3.63) is 46.8 Å². The zero-order valence-corrected chi connectivity index (χ0v) is 18.4. The Bertz CT molecular complexity index is 904. The van der Waals surface area contributed by atoms with Crippen LogP contribution in [0.2, 0.25) is 0 Å². The zero-order valence-electron chi connectivity index (χ0n) is 17.5. The third kappa shape index (κ3) is 3.60. The highest BCUT2D eigenvalue weighted by Crippen LogP contribution is 2.47. The number of hydrogen-bond acceptors (Lipinski definition) is 5. The lowest BCUT2D eigenvalue weighted by Gasteiger charge is -2.45. The van der Waals surface area contributed by atoms with Gasteiger partial charge in [-0.25, -0.2) is 0 Å². The van der Waals surface area contributed by atoms with Crippen LogP contribution in [0.25, 0.3) is 10.4 Å². The van der Waals surface area contributed by atoms with Gasteiger partial charge in [0.25, 0.3) is 0 Å². The number of piperidine rings is 2. The third-order valence-corrected chi connectivity index (χ3v) is 8.42. The molecule has 2 atom stereocenters. The number of aliphatic hydroxyl groups excluding tert-OH is 1. The van der Waals surface area contributed by atoms with Crippen LogP contribution in [0.15, 0.2) is 36.4 Å². The first-order valence-electron chi connectivity index (χ1n) is 11.0. The number of fused-ring (bicyclic) bond motifs is 2. The van der Waals surface area contributed by atoms with Crippen LogP contribution in [-0.4, -0.2) is 66.8 Å². The number of amides is 1. The molecule has 0 bridgehead atoms. The Labute approximate surface area is 182 Å². The molecule has 0 radical (unpaired) electrons. The summed E-state index contributed by atoms with van der Waals surface area (Å²) in [4.78, 5) is 19.9. The number of aliphatic hydroxyl groups is 1. The maximum atomic E-state index is 13.1. The van der Waals surface area contributed by atoms with Crippen molar-refractivity contribution in [2.45, 2.75) is 37.4 Å². The predicted octanol–water partition coefficient (Wildman–Crippen LogP) is 3.12. The van der Waals surface area contributed by atoms with E-state index in [0.29, 0.717) is 26.1 Å². The van der Waals surface area contributed by atoms with Crippen molar-refractivity contribution in [1.29, 1.82) is 0 Å². The summed E-state index contributed by atoms with van der Waals surface area (Å²) in [5.74, 6) is -0.192. The molecule has 5 nitrogen and oxygen atoms in total. The van der Waals surface area contributed by atoms with Crippen molar-refractivity contribution in [3.8, 4) is 10.4 Å². The molecular weight excluding hydrogens is 396 g/mol. The van der Waals surface area contributed by atoms with Crippen LogP contribution in [-0.2, 0) is 21.6 Å². The summed E-state index contributed by atoms with van der Waals surface area (Å²) in [7, 11) is 2.02. The molecule has 1 aromatic carbocycles. The first-order valence-corrected chi connectivity index (χ1v) is 11.9. The molecule has 5 rings (SSSR count). The summed E-state index contributed by atoms with van der Waals surface area (Å²) in [5.41, 5.74) is 2.41. The number of rotatable bonds is 2. The van der Waals surface area contributed by atoms with Crippen molar-refractivity contribution in [1.82, 2.24) is 9.80 Å². The summed E-state index contributed by atoms with van der Waals surface area (Å²) in [6.45, 7) is 3.64. The molecule has 1 aromatic heterocycles. The van der Waals surface area contributed by atoms with E-state index in [1.807, 2.05) is 23.3 Å². The van der Waals surface area contributed by atoms with Gasteiger partial charge in [-0.05, 0) is 49.9 Å². The lowest BCUT2D eigenvalue weighted by Crippen LogP contribution is -2.54. The summed E-state index contributed by atoms with van der Waals surface area (Å²) < 4.78 is 6.41. The maximum Gasteiger partial charge on any atom is 0.229 e. The first kappa shape index (κ1) is 20.2. The molecule has 0 unspecified atom stereocenters. The van der Waals surface area contributed by atoms with Gasteiger partial charge in [-0.1, -0.05) is 30.3 Å². The van der Waals surface area contributed by atoms with Crippen LogP contribution in [0.3, 0.4) is 0 Å². The van der Waals surface area contributed by atoms with E-state index in [0.717, 1.165) is 32.4 Å². The average Bonchev–Trinajstić information content (AvgIpc) is 3.22. The van der Waals surface area contributed by atoms with Gasteiger partial charge in [0.05, 0.1) is 18.6 Å². The van der Waals surface area contributed by atoms with Gasteiger partial charge in [-0.2, -0.15) is 0 Å². The van der Waals surface area contributed by atoms with E-state index < -0.39 is 6.10 Å². The topological polar surface area (TPSA) is 53.0 Å². The number of hydrogen-bond donors (Lipinski definition) is 1. The fourth-order valence-corrected chi connectivity index (χ4v) is 6.62. The van der Waals surface area contributed by atoms with E-state index in [2.05, 4.69) is 41.3 Å². The van der Waals surface area contributed by atoms with Crippen LogP contribution < -0.4 is 0 Å². The minimum absolute atomic E-state index is 0.107. The fourth-order valence-electron chi connectivity index (χ4n) is 5.21. The van der Waals surface area contributed by atoms with Crippen molar-refractivity contribution in [2.24, 2.45) is 5.92 Å². The van der Waals surface area contributed by atoms with Crippen LogP contribution in [0.5, 0.6) is 0 Å². The van der Waals surface area contributed by atoms with Crippen LogP contribution in [0, 0.1) is 5.92 Å². The summed E-state index contributed by atoms with van der Waals surface area (Å²) in [6.07, 6.45) is 2.78. The van der Waals surface area contributed by atoms with E-state index in [1.54, 1.807) is 0 Å². The van der Waals surface area contributed by atoms with Gasteiger partial charge in [-0.15, -0.1) is 11.3 Å². The van der Waals surface area contributed by atoms with Gasteiger partial charge >= 0.3 is 0 Å². The molecular formula is C24H30N2O3S. The fraction of sp³-hybridized carbons (Fsp3) is 0.542. The van der Waals surface area contributed by atoms with E-state index in [1.165, 1.54) is 20.9 Å². The van der Waals surface area contributed by atoms with Gasteiger partial charge < -0.3 is 19.6 Å². The van der Waals surface area contributed by atoms with Crippen LogP contribution >= 0.6 is 11.3 Å². The van der Waals surface area contributed by atoms with Crippen molar-refractivity contribution in [2.75, 3.05) is 39.8 Å². The van der Waals surface area contributed by atoms with E-state index in [4.69, 9.17) is 4.74 Å². The van der Waals surface area contributed by atoms with Gasteiger partial charge in [0.2, 0.25) is 5.91 Å². The molecule has 2 saturated heterocycles. The number of likely N-dealkylation sites (tertiary alicyclic amines) is 2. The lowest BCUT2D eigenvalue weighted by molar-refractivity contribution is -0.150. The van der Waals surface area contributed by atoms with Gasteiger partial charge in [0.15, 0.2) is 0 Å². The molecule has 1 spiro atoms. The highest BCUT2D eigenvalue weighted by Gasteiger charge is 2.44. The van der Waals surface area contributed by atoms with E-state index >= 15 is 0 Å². The Morgan fingerprint density at radius 1 is 1.20 bits per heavy atom. The van der Waals surface area contributed by atoms with Crippen molar-refractivity contribution in [3.63, 3.8) is 0 Å². The molecule has 6 heteroatoms. The highest BCUT2D eigenvalue weighted by molar-refractivity contribution is 7.15. The molecule has 2 aromatic rings. The molecule has 3 aliphatic heterocycles. The van der Waals surface area contributed by atoms with Gasteiger partial charge in [0, 0.05) is 35.9 Å². The second kappa shape index (κ2) is 8.08. The van der Waals surface area contributed by atoms with Crippen molar-refractivity contribution >= 4 is 17.2 Å². The zero-order chi connectivity index (χ0) is 20.7. The first-order chi connectivity index (χ1) is 14.6. The highest BCUT2D eigenvalue weighted by atomic mass is 32.1. The van der Waals surface area contributed by atoms with Crippen molar-refractivity contribution < 1.29 is 14.6 Å². The number of nitrogens with zero attached hydrogens (tertiary/aromatic N) is 2. The number of thiophene rings is 1. The minimum Gasteiger partial charge on any atom is -0.392 e.